The molecule has 4 nitrogen and oxygen atoms in total. The molecule has 2 N–H and O–H groups in total. The number of halogens is 3. The summed E-state index contributed by atoms with van der Waals surface area (Å²) < 4.78 is 43.9. The van der Waals surface area contributed by atoms with Gasteiger partial charge in [0.1, 0.15) is 11.3 Å². The van der Waals surface area contributed by atoms with Gasteiger partial charge in [0.25, 0.3) is 0 Å². The molecule has 1 aromatic carbocycles. The molecule has 0 unspecified atom stereocenters. The van der Waals surface area contributed by atoms with Crippen molar-refractivity contribution in [3.05, 3.63) is 18.2 Å². The molecule has 2 aromatic rings. The lowest BCUT2D eigenvalue weighted by molar-refractivity contribution is -0.136. The van der Waals surface area contributed by atoms with Crippen LogP contribution in [0, 0.1) is 0 Å². The number of aryl methyl sites for hydroxylation is 1. The second kappa shape index (κ2) is 5.60. The Hall–Kier alpha value is -1.92. The Kier molecular flexibility index (Phi) is 4.06. The summed E-state index contributed by atoms with van der Waals surface area (Å²) in [6, 6.07) is 5.14. The number of rotatable bonds is 5. The number of anilines is 1. The average Bonchev–Trinajstić information content (AvgIpc) is 2.69. The highest BCUT2D eigenvalue weighted by Gasteiger charge is 2.27. The van der Waals surface area contributed by atoms with Gasteiger partial charge in [0.2, 0.25) is 5.95 Å². The fourth-order valence-electron chi connectivity index (χ4n) is 1.94. The van der Waals surface area contributed by atoms with E-state index in [1.165, 1.54) is 4.57 Å². The van der Waals surface area contributed by atoms with E-state index in [1.807, 2.05) is 6.92 Å². The first-order valence-corrected chi connectivity index (χ1v) is 6.36. The van der Waals surface area contributed by atoms with E-state index in [0.717, 1.165) is 6.42 Å². The number of hydrogen-bond donors (Lipinski definition) is 1. The molecular weight excluding hydrogens is 271 g/mol. The molecule has 0 aliphatic heterocycles. The quantitative estimate of drug-likeness (QED) is 0.917. The number of alkyl halides is 3. The highest BCUT2D eigenvalue weighted by molar-refractivity contribution is 5.84. The molecule has 20 heavy (non-hydrogen) atoms. The molecule has 0 saturated heterocycles. The van der Waals surface area contributed by atoms with Crippen molar-refractivity contribution >= 4 is 17.0 Å². The normalized spacial score (nSPS) is 12.0. The fraction of sp³-hybridized carbons (Fsp3) is 0.462. The van der Waals surface area contributed by atoms with E-state index in [0.29, 0.717) is 23.4 Å². The Labute approximate surface area is 114 Å². The summed E-state index contributed by atoms with van der Waals surface area (Å²) in [5, 5.41) is 0. The fourth-order valence-corrected chi connectivity index (χ4v) is 1.94. The summed E-state index contributed by atoms with van der Waals surface area (Å²) >= 11 is 0. The number of nitrogens with two attached hydrogens (primary N) is 1. The molecule has 7 heteroatoms. The van der Waals surface area contributed by atoms with Crippen molar-refractivity contribution in [3.8, 4) is 5.75 Å². The maximum Gasteiger partial charge on any atom is 0.390 e. The zero-order chi connectivity index (χ0) is 14.8. The van der Waals surface area contributed by atoms with E-state index in [4.69, 9.17) is 10.5 Å². The van der Waals surface area contributed by atoms with Crippen LogP contribution in [0.1, 0.15) is 19.8 Å². The van der Waals surface area contributed by atoms with Crippen LogP contribution in [0.3, 0.4) is 0 Å². The van der Waals surface area contributed by atoms with Crippen molar-refractivity contribution in [2.24, 2.45) is 0 Å². The molecule has 0 fully saturated rings. The monoisotopic (exact) mass is 287 g/mol. The Morgan fingerprint density at radius 1 is 1.35 bits per heavy atom. The number of imidazole rings is 1. The Bertz CT molecular complexity index is 592. The van der Waals surface area contributed by atoms with Gasteiger partial charge >= 0.3 is 6.18 Å². The van der Waals surface area contributed by atoms with Gasteiger partial charge in [-0.2, -0.15) is 13.2 Å². The molecule has 0 spiro atoms. The minimum Gasteiger partial charge on any atom is -0.491 e. The first-order chi connectivity index (χ1) is 9.42. The Morgan fingerprint density at radius 3 is 2.75 bits per heavy atom. The maximum absolute atomic E-state index is 12.3. The second-order valence-electron chi connectivity index (χ2n) is 4.46. The summed E-state index contributed by atoms with van der Waals surface area (Å²) in [6.45, 7) is 2.24. The number of ether oxygens (including phenoxy) is 1. The van der Waals surface area contributed by atoms with Gasteiger partial charge in [-0.05, 0) is 18.6 Å². The lowest BCUT2D eigenvalue weighted by atomic mass is 10.3. The van der Waals surface area contributed by atoms with E-state index in [9.17, 15) is 13.2 Å². The second-order valence-corrected chi connectivity index (χ2v) is 4.46. The van der Waals surface area contributed by atoms with Crippen molar-refractivity contribution in [3.63, 3.8) is 0 Å². The highest BCUT2D eigenvalue weighted by atomic mass is 19.4. The maximum atomic E-state index is 12.3. The topological polar surface area (TPSA) is 53.1 Å². The van der Waals surface area contributed by atoms with Gasteiger partial charge in [-0.1, -0.05) is 13.0 Å². The van der Waals surface area contributed by atoms with Crippen molar-refractivity contribution in [2.45, 2.75) is 32.5 Å². The van der Waals surface area contributed by atoms with E-state index >= 15 is 0 Å². The predicted molar refractivity (Wildman–Crippen MR) is 70.6 cm³/mol. The van der Waals surface area contributed by atoms with Crippen LogP contribution >= 0.6 is 0 Å². The largest absolute Gasteiger partial charge is 0.491 e. The molecule has 2 rings (SSSR count). The van der Waals surface area contributed by atoms with Crippen LogP contribution in [-0.2, 0) is 6.54 Å². The smallest absolute Gasteiger partial charge is 0.390 e. The lowest BCUT2D eigenvalue weighted by Crippen LogP contribution is -2.13. The Balaban J connectivity index is 2.34. The van der Waals surface area contributed by atoms with Crippen molar-refractivity contribution in [2.75, 3.05) is 12.3 Å². The number of benzene rings is 1. The number of para-hydroxylation sites is 1. The molecule has 1 aromatic heterocycles. The van der Waals surface area contributed by atoms with Gasteiger partial charge in [0.15, 0.2) is 0 Å². The summed E-state index contributed by atoms with van der Waals surface area (Å²) in [5.74, 6) is 0.610. The number of nitrogen functional groups attached to an aromatic ring is 1. The van der Waals surface area contributed by atoms with E-state index < -0.39 is 12.6 Å². The summed E-state index contributed by atoms with van der Waals surface area (Å²) in [5.41, 5.74) is 6.77. The summed E-state index contributed by atoms with van der Waals surface area (Å²) in [4.78, 5) is 4.12. The van der Waals surface area contributed by atoms with Crippen LogP contribution in [0.15, 0.2) is 18.2 Å². The molecule has 1 heterocycles. The average molecular weight is 287 g/mol. The zero-order valence-electron chi connectivity index (χ0n) is 11.1. The zero-order valence-corrected chi connectivity index (χ0v) is 11.1. The van der Waals surface area contributed by atoms with Crippen molar-refractivity contribution in [1.82, 2.24) is 9.55 Å². The van der Waals surface area contributed by atoms with Crippen LogP contribution in [0.5, 0.6) is 5.75 Å². The van der Waals surface area contributed by atoms with Gasteiger partial charge in [-0.25, -0.2) is 4.98 Å². The Morgan fingerprint density at radius 2 is 2.10 bits per heavy atom. The SMILES string of the molecule is CCCOc1cccc2c1nc(N)n2CCC(F)(F)F. The van der Waals surface area contributed by atoms with E-state index in [1.54, 1.807) is 18.2 Å². The van der Waals surface area contributed by atoms with E-state index in [2.05, 4.69) is 4.98 Å². The van der Waals surface area contributed by atoms with Crippen LogP contribution in [-0.4, -0.2) is 22.3 Å². The standard InChI is InChI=1S/C13H16F3N3O/c1-2-8-20-10-5-3-4-9-11(10)18-12(17)19(9)7-6-13(14,15)16/h3-5H,2,6-8H2,1H3,(H2,17,18). The van der Waals surface area contributed by atoms with Crippen molar-refractivity contribution in [1.29, 1.82) is 0 Å². The molecule has 0 aliphatic carbocycles. The molecule has 0 amide bonds. The molecule has 0 bridgehead atoms. The van der Waals surface area contributed by atoms with E-state index in [-0.39, 0.29) is 12.5 Å². The third-order valence-corrected chi connectivity index (χ3v) is 2.85. The predicted octanol–water partition coefficient (Wildman–Crippen LogP) is 3.36. The minimum atomic E-state index is -4.22. The number of hydrogen-bond acceptors (Lipinski definition) is 3. The number of aromatic nitrogens is 2. The molecule has 0 saturated carbocycles. The minimum absolute atomic E-state index is 0.0665. The summed E-state index contributed by atoms with van der Waals surface area (Å²) in [6.07, 6.45) is -4.33. The van der Waals surface area contributed by atoms with Gasteiger partial charge in [-0.15, -0.1) is 0 Å². The third kappa shape index (κ3) is 3.15. The van der Waals surface area contributed by atoms with Crippen molar-refractivity contribution < 1.29 is 17.9 Å². The number of fused-ring (bicyclic) bond motifs is 1. The first kappa shape index (κ1) is 14.5. The number of nitrogens with zero attached hydrogens (tertiary/aromatic N) is 2. The van der Waals surface area contributed by atoms with Gasteiger partial charge in [0.05, 0.1) is 18.5 Å². The molecular formula is C13H16F3N3O. The van der Waals surface area contributed by atoms with Gasteiger partial charge < -0.3 is 15.0 Å². The molecule has 0 radical (unpaired) electrons. The van der Waals surface area contributed by atoms with Crippen LogP contribution in [0.25, 0.3) is 11.0 Å². The molecule has 0 atom stereocenters. The third-order valence-electron chi connectivity index (χ3n) is 2.85. The summed E-state index contributed by atoms with van der Waals surface area (Å²) in [7, 11) is 0. The van der Waals surface area contributed by atoms with Gasteiger partial charge in [0, 0.05) is 6.54 Å². The lowest BCUT2D eigenvalue weighted by Gasteiger charge is -2.09. The van der Waals surface area contributed by atoms with Crippen LogP contribution in [0.2, 0.25) is 0 Å². The molecule has 110 valence electrons. The van der Waals surface area contributed by atoms with Gasteiger partial charge in [-0.3, -0.25) is 0 Å². The first-order valence-electron chi connectivity index (χ1n) is 6.36. The highest BCUT2D eigenvalue weighted by Crippen LogP contribution is 2.29. The molecule has 0 aliphatic rings. The van der Waals surface area contributed by atoms with Crippen LogP contribution < -0.4 is 10.5 Å². The van der Waals surface area contributed by atoms with Crippen LogP contribution in [0.4, 0.5) is 19.1 Å².